The third kappa shape index (κ3) is 2.48. The van der Waals surface area contributed by atoms with Crippen LogP contribution in [0.2, 0.25) is 0 Å². The Hall–Kier alpha value is -1.68. The van der Waals surface area contributed by atoms with Crippen LogP contribution in [0.15, 0.2) is 24.3 Å². The van der Waals surface area contributed by atoms with E-state index in [9.17, 15) is 9.59 Å². The Labute approximate surface area is 119 Å². The number of rotatable bonds is 4. The maximum absolute atomic E-state index is 12.5. The van der Waals surface area contributed by atoms with Crippen molar-refractivity contribution in [3.8, 4) is 0 Å². The Kier molecular flexibility index (Phi) is 3.95. The average Bonchev–Trinajstić information content (AvgIpc) is 2.64. The van der Waals surface area contributed by atoms with Crippen LogP contribution in [0.4, 0.5) is 0 Å². The minimum atomic E-state index is -0.567. The van der Waals surface area contributed by atoms with Crippen LogP contribution in [-0.2, 0) is 22.7 Å². The van der Waals surface area contributed by atoms with Crippen molar-refractivity contribution < 1.29 is 9.59 Å². The van der Waals surface area contributed by atoms with E-state index in [4.69, 9.17) is 5.73 Å². The second-order valence-corrected chi connectivity index (χ2v) is 6.06. The van der Waals surface area contributed by atoms with Gasteiger partial charge in [0.2, 0.25) is 11.8 Å². The summed E-state index contributed by atoms with van der Waals surface area (Å²) in [4.78, 5) is 26.0. The van der Waals surface area contributed by atoms with Crippen LogP contribution in [0.3, 0.4) is 0 Å². The van der Waals surface area contributed by atoms with Crippen molar-refractivity contribution >= 4 is 11.8 Å². The van der Waals surface area contributed by atoms with E-state index in [1.54, 1.807) is 0 Å². The van der Waals surface area contributed by atoms with Gasteiger partial charge in [-0.25, -0.2) is 0 Å². The largest absolute Gasteiger partial charge is 0.326 e. The van der Waals surface area contributed by atoms with Crippen molar-refractivity contribution in [2.24, 2.45) is 17.1 Å². The molecule has 1 atom stereocenters. The molecule has 1 aromatic rings. The van der Waals surface area contributed by atoms with Crippen molar-refractivity contribution in [1.82, 2.24) is 4.90 Å². The maximum atomic E-state index is 12.5. The zero-order valence-corrected chi connectivity index (χ0v) is 12.3. The highest BCUT2D eigenvalue weighted by atomic mass is 16.2. The molecule has 4 heteroatoms. The lowest BCUT2D eigenvalue weighted by Crippen LogP contribution is -2.36. The second-order valence-electron chi connectivity index (χ2n) is 6.06. The van der Waals surface area contributed by atoms with Gasteiger partial charge in [-0.15, -0.1) is 0 Å². The van der Waals surface area contributed by atoms with Gasteiger partial charge in [0.05, 0.1) is 12.0 Å². The zero-order chi connectivity index (χ0) is 14.9. The molecule has 0 radical (unpaired) electrons. The first-order chi connectivity index (χ1) is 9.38. The Morgan fingerprint density at radius 2 is 1.95 bits per heavy atom. The van der Waals surface area contributed by atoms with Crippen LogP contribution in [-0.4, -0.2) is 16.7 Å². The molecule has 1 saturated heterocycles. The van der Waals surface area contributed by atoms with Crippen LogP contribution < -0.4 is 5.73 Å². The van der Waals surface area contributed by atoms with E-state index in [0.717, 1.165) is 11.1 Å². The zero-order valence-electron chi connectivity index (χ0n) is 12.3. The fraction of sp³-hybridized carbons (Fsp3) is 0.500. The highest BCUT2D eigenvalue weighted by Crippen LogP contribution is 2.39. The smallest absolute Gasteiger partial charge is 0.236 e. The maximum Gasteiger partial charge on any atom is 0.236 e. The summed E-state index contributed by atoms with van der Waals surface area (Å²) in [6.07, 6.45) is 0.306. The SMILES string of the molecule is CC(C)C1(C)CC(=O)N(Cc2cccc(CN)c2)C1=O. The molecule has 0 saturated carbocycles. The average molecular weight is 274 g/mol. The number of nitrogens with two attached hydrogens (primary N) is 1. The van der Waals surface area contributed by atoms with Gasteiger partial charge in [-0.1, -0.05) is 38.1 Å². The summed E-state index contributed by atoms with van der Waals surface area (Å²) in [6, 6.07) is 7.72. The van der Waals surface area contributed by atoms with E-state index in [0.29, 0.717) is 19.5 Å². The predicted molar refractivity (Wildman–Crippen MR) is 77.5 cm³/mol. The lowest BCUT2D eigenvalue weighted by Gasteiger charge is -2.26. The first-order valence-corrected chi connectivity index (χ1v) is 7.01. The molecule has 0 aliphatic carbocycles. The van der Waals surface area contributed by atoms with Gasteiger partial charge in [0, 0.05) is 13.0 Å². The molecule has 1 fully saturated rings. The molecule has 4 nitrogen and oxygen atoms in total. The summed E-state index contributed by atoms with van der Waals surface area (Å²) < 4.78 is 0. The lowest BCUT2D eigenvalue weighted by molar-refractivity contribution is -0.142. The molecule has 2 amide bonds. The summed E-state index contributed by atoms with van der Waals surface area (Å²) in [5.74, 6) is 0.0133. The Balaban J connectivity index is 2.21. The number of nitrogens with zero attached hydrogens (tertiary/aromatic N) is 1. The number of likely N-dealkylation sites (tertiary alicyclic amines) is 1. The Bertz CT molecular complexity index is 539. The fourth-order valence-corrected chi connectivity index (χ4v) is 2.56. The number of amides is 2. The van der Waals surface area contributed by atoms with E-state index in [1.807, 2.05) is 45.0 Å². The summed E-state index contributed by atoms with van der Waals surface area (Å²) in [6.45, 7) is 6.66. The van der Waals surface area contributed by atoms with Crippen molar-refractivity contribution in [2.45, 2.75) is 40.3 Å². The van der Waals surface area contributed by atoms with E-state index in [2.05, 4.69) is 0 Å². The quantitative estimate of drug-likeness (QED) is 0.855. The van der Waals surface area contributed by atoms with E-state index in [-0.39, 0.29) is 17.7 Å². The molecular formula is C16H22N2O2. The van der Waals surface area contributed by atoms with Crippen LogP contribution >= 0.6 is 0 Å². The van der Waals surface area contributed by atoms with Crippen LogP contribution in [0.25, 0.3) is 0 Å². The van der Waals surface area contributed by atoms with E-state index >= 15 is 0 Å². The molecule has 1 heterocycles. The first-order valence-electron chi connectivity index (χ1n) is 7.01. The lowest BCUT2D eigenvalue weighted by atomic mass is 9.78. The molecule has 1 aliphatic rings. The number of carbonyl (C=O) groups excluding carboxylic acids is 2. The predicted octanol–water partition coefficient (Wildman–Crippen LogP) is 2.07. The molecule has 0 spiro atoms. The van der Waals surface area contributed by atoms with Crippen molar-refractivity contribution in [3.05, 3.63) is 35.4 Å². The monoisotopic (exact) mass is 274 g/mol. The van der Waals surface area contributed by atoms with Gasteiger partial charge in [-0.05, 0) is 24.0 Å². The van der Waals surface area contributed by atoms with Crippen molar-refractivity contribution in [3.63, 3.8) is 0 Å². The molecule has 2 rings (SSSR count). The van der Waals surface area contributed by atoms with Gasteiger partial charge in [0.1, 0.15) is 0 Å². The topological polar surface area (TPSA) is 63.4 Å². The van der Waals surface area contributed by atoms with Gasteiger partial charge in [0.15, 0.2) is 0 Å². The molecule has 1 aliphatic heterocycles. The molecule has 0 aromatic heterocycles. The number of hydrogen-bond donors (Lipinski definition) is 1. The summed E-state index contributed by atoms with van der Waals surface area (Å²) in [7, 11) is 0. The fourth-order valence-electron chi connectivity index (χ4n) is 2.56. The minimum Gasteiger partial charge on any atom is -0.326 e. The van der Waals surface area contributed by atoms with E-state index < -0.39 is 5.41 Å². The number of imide groups is 1. The Morgan fingerprint density at radius 3 is 2.50 bits per heavy atom. The third-order valence-corrected chi connectivity index (χ3v) is 4.40. The third-order valence-electron chi connectivity index (χ3n) is 4.40. The standard InChI is InChI=1S/C16H22N2O2/c1-11(2)16(3)8-14(19)18(15(16)20)10-13-6-4-5-12(7-13)9-17/h4-7,11H,8-10,17H2,1-3H3. The number of benzene rings is 1. The second kappa shape index (κ2) is 5.37. The molecule has 1 aromatic carbocycles. The highest BCUT2D eigenvalue weighted by Gasteiger charge is 2.49. The van der Waals surface area contributed by atoms with Gasteiger partial charge in [-0.2, -0.15) is 0 Å². The minimum absolute atomic E-state index is 0.0596. The number of hydrogen-bond acceptors (Lipinski definition) is 3. The normalized spacial score (nSPS) is 22.9. The molecule has 0 bridgehead atoms. The summed E-state index contributed by atoms with van der Waals surface area (Å²) in [5.41, 5.74) is 7.00. The van der Waals surface area contributed by atoms with Gasteiger partial charge >= 0.3 is 0 Å². The number of carbonyl (C=O) groups is 2. The van der Waals surface area contributed by atoms with Crippen LogP contribution in [0.5, 0.6) is 0 Å². The summed E-state index contributed by atoms with van der Waals surface area (Å²) >= 11 is 0. The Morgan fingerprint density at radius 1 is 1.30 bits per heavy atom. The van der Waals surface area contributed by atoms with Crippen molar-refractivity contribution in [1.29, 1.82) is 0 Å². The van der Waals surface area contributed by atoms with Crippen LogP contribution in [0, 0.1) is 11.3 Å². The van der Waals surface area contributed by atoms with Gasteiger partial charge < -0.3 is 5.73 Å². The molecular weight excluding hydrogens is 252 g/mol. The van der Waals surface area contributed by atoms with Gasteiger partial charge in [-0.3, -0.25) is 14.5 Å². The molecule has 20 heavy (non-hydrogen) atoms. The molecule has 2 N–H and O–H groups in total. The van der Waals surface area contributed by atoms with Crippen LogP contribution in [0.1, 0.15) is 38.3 Å². The molecule has 1 unspecified atom stereocenters. The van der Waals surface area contributed by atoms with E-state index in [1.165, 1.54) is 4.90 Å². The highest BCUT2D eigenvalue weighted by molar-refractivity contribution is 6.05. The van der Waals surface area contributed by atoms with Gasteiger partial charge in [0.25, 0.3) is 0 Å². The van der Waals surface area contributed by atoms with Crippen molar-refractivity contribution in [2.75, 3.05) is 0 Å². The molecule has 108 valence electrons. The summed E-state index contributed by atoms with van der Waals surface area (Å²) in [5, 5.41) is 0. The first kappa shape index (κ1) is 14.7.